The van der Waals surface area contributed by atoms with Gasteiger partial charge in [0.25, 0.3) is 11.8 Å². The molecule has 5 nitrogen and oxygen atoms in total. The van der Waals surface area contributed by atoms with Crippen LogP contribution in [0.4, 0.5) is 0 Å². The van der Waals surface area contributed by atoms with E-state index in [0.29, 0.717) is 16.6 Å². The van der Waals surface area contributed by atoms with E-state index in [1.54, 1.807) is 24.4 Å². The van der Waals surface area contributed by atoms with E-state index in [4.69, 9.17) is 4.84 Å². The normalized spacial score (nSPS) is 14.5. The Morgan fingerprint density at radius 3 is 2.59 bits per heavy atom. The van der Waals surface area contributed by atoms with Crippen molar-refractivity contribution in [2.75, 3.05) is 7.11 Å². The van der Waals surface area contributed by atoms with E-state index < -0.39 is 11.8 Å². The predicted molar refractivity (Wildman–Crippen MR) is 59.3 cm³/mol. The summed E-state index contributed by atoms with van der Waals surface area (Å²) < 4.78 is 0. The molecule has 0 N–H and O–H groups in total. The van der Waals surface area contributed by atoms with Gasteiger partial charge in [0.15, 0.2) is 0 Å². The van der Waals surface area contributed by atoms with Crippen LogP contribution in [0.15, 0.2) is 30.5 Å². The minimum Gasteiger partial charge on any atom is -0.266 e. The number of aromatic nitrogens is 1. The smallest absolute Gasteiger partial charge is 0.266 e. The largest absolute Gasteiger partial charge is 0.285 e. The van der Waals surface area contributed by atoms with Gasteiger partial charge in [-0.1, -0.05) is 6.07 Å². The van der Waals surface area contributed by atoms with Crippen LogP contribution in [0.25, 0.3) is 10.9 Å². The Hall–Kier alpha value is -2.27. The van der Waals surface area contributed by atoms with E-state index in [1.165, 1.54) is 7.11 Å². The van der Waals surface area contributed by atoms with Gasteiger partial charge in [-0.2, -0.15) is 0 Å². The lowest BCUT2D eigenvalue weighted by molar-refractivity contribution is -0.0645. The maximum absolute atomic E-state index is 11.8. The van der Waals surface area contributed by atoms with Crippen molar-refractivity contribution in [2.24, 2.45) is 0 Å². The molecule has 0 radical (unpaired) electrons. The van der Waals surface area contributed by atoms with Crippen LogP contribution in [-0.4, -0.2) is 29.0 Å². The molecule has 0 bridgehead atoms. The summed E-state index contributed by atoms with van der Waals surface area (Å²) in [6.07, 6.45) is 1.64. The van der Waals surface area contributed by atoms with Crippen LogP contribution in [-0.2, 0) is 4.84 Å². The van der Waals surface area contributed by atoms with Crippen molar-refractivity contribution in [1.82, 2.24) is 10.0 Å². The highest BCUT2D eigenvalue weighted by atomic mass is 16.7. The molecule has 0 aliphatic carbocycles. The van der Waals surface area contributed by atoms with Gasteiger partial charge in [0, 0.05) is 11.6 Å². The lowest BCUT2D eigenvalue weighted by Crippen LogP contribution is -2.28. The van der Waals surface area contributed by atoms with E-state index in [2.05, 4.69) is 4.98 Å². The van der Waals surface area contributed by atoms with Crippen LogP contribution in [0.1, 0.15) is 20.7 Å². The molecule has 0 atom stereocenters. The SMILES string of the molecule is CON1C(=O)c2cc3cccnc3cc2C1=O. The average molecular weight is 228 g/mol. The van der Waals surface area contributed by atoms with Crippen molar-refractivity contribution in [2.45, 2.75) is 0 Å². The minimum absolute atomic E-state index is 0.336. The van der Waals surface area contributed by atoms with Crippen molar-refractivity contribution >= 4 is 22.7 Å². The highest BCUT2D eigenvalue weighted by molar-refractivity contribution is 6.22. The summed E-state index contributed by atoms with van der Waals surface area (Å²) in [5, 5.41) is 1.58. The molecule has 1 aliphatic rings. The third-order valence-corrected chi connectivity index (χ3v) is 2.75. The predicted octanol–water partition coefficient (Wildman–Crippen LogP) is 1.39. The molecule has 1 aromatic carbocycles. The number of benzene rings is 1. The van der Waals surface area contributed by atoms with Gasteiger partial charge in [-0.05, 0) is 18.2 Å². The number of hydrogen-bond donors (Lipinski definition) is 0. The molecule has 0 unspecified atom stereocenters. The third kappa shape index (κ3) is 1.26. The summed E-state index contributed by atoms with van der Waals surface area (Å²) in [5.74, 6) is -0.877. The Kier molecular flexibility index (Phi) is 1.96. The van der Waals surface area contributed by atoms with Crippen LogP contribution < -0.4 is 0 Å². The van der Waals surface area contributed by atoms with Crippen LogP contribution >= 0.6 is 0 Å². The van der Waals surface area contributed by atoms with Gasteiger partial charge in [-0.25, -0.2) is 0 Å². The number of rotatable bonds is 1. The highest BCUT2D eigenvalue weighted by Gasteiger charge is 2.36. The highest BCUT2D eigenvalue weighted by Crippen LogP contribution is 2.26. The summed E-state index contributed by atoms with van der Waals surface area (Å²) in [6.45, 7) is 0. The van der Waals surface area contributed by atoms with Crippen LogP contribution in [0.3, 0.4) is 0 Å². The van der Waals surface area contributed by atoms with E-state index in [9.17, 15) is 9.59 Å². The number of hydrogen-bond acceptors (Lipinski definition) is 4. The number of carbonyl (C=O) groups excluding carboxylic acids is 2. The molecule has 5 heteroatoms. The van der Waals surface area contributed by atoms with Crippen LogP contribution in [0.5, 0.6) is 0 Å². The second-order valence-electron chi connectivity index (χ2n) is 3.68. The number of fused-ring (bicyclic) bond motifs is 2. The van der Waals surface area contributed by atoms with Gasteiger partial charge in [0.05, 0.1) is 23.8 Å². The molecule has 0 spiro atoms. The maximum Gasteiger partial charge on any atom is 0.285 e. The third-order valence-electron chi connectivity index (χ3n) is 2.75. The molecule has 0 saturated heterocycles. The lowest BCUT2D eigenvalue weighted by Gasteiger charge is -2.07. The van der Waals surface area contributed by atoms with Gasteiger partial charge in [0.1, 0.15) is 0 Å². The summed E-state index contributed by atoms with van der Waals surface area (Å²) >= 11 is 0. The van der Waals surface area contributed by atoms with Crippen molar-refractivity contribution < 1.29 is 14.4 Å². The number of nitrogens with zero attached hydrogens (tertiary/aromatic N) is 2. The standard InChI is InChI=1S/C12H8N2O3/c1-17-14-11(15)8-5-7-3-2-4-13-10(7)6-9(8)12(14)16/h2-6H,1H3. The Morgan fingerprint density at radius 2 is 1.88 bits per heavy atom. The van der Waals surface area contributed by atoms with Crippen molar-refractivity contribution in [3.8, 4) is 0 Å². The molecule has 3 rings (SSSR count). The molecule has 2 aromatic rings. The van der Waals surface area contributed by atoms with E-state index in [0.717, 1.165) is 10.4 Å². The average Bonchev–Trinajstić information content (AvgIpc) is 2.59. The number of carbonyl (C=O) groups is 2. The first-order valence-corrected chi connectivity index (χ1v) is 5.04. The number of imide groups is 1. The van der Waals surface area contributed by atoms with Crippen molar-refractivity contribution in [1.29, 1.82) is 0 Å². The Bertz CT molecular complexity index is 597. The van der Waals surface area contributed by atoms with Gasteiger partial charge in [0.2, 0.25) is 0 Å². The first kappa shape index (κ1) is 9.92. The summed E-state index contributed by atoms with van der Waals surface area (Å²) in [4.78, 5) is 32.6. The fourth-order valence-electron chi connectivity index (χ4n) is 1.95. The number of hydroxylamine groups is 2. The molecule has 1 aliphatic heterocycles. The first-order valence-electron chi connectivity index (χ1n) is 5.04. The molecule has 0 saturated carbocycles. The number of pyridine rings is 1. The molecule has 2 amide bonds. The Labute approximate surface area is 96.6 Å². The lowest BCUT2D eigenvalue weighted by atomic mass is 10.1. The number of amides is 2. The second kappa shape index (κ2) is 3.36. The topological polar surface area (TPSA) is 59.5 Å². The Balaban J connectivity index is 2.30. The summed E-state index contributed by atoms with van der Waals surface area (Å²) in [6, 6.07) is 6.90. The van der Waals surface area contributed by atoms with Gasteiger partial charge < -0.3 is 0 Å². The quantitative estimate of drug-likeness (QED) is 0.692. The molecule has 0 fully saturated rings. The Morgan fingerprint density at radius 1 is 1.18 bits per heavy atom. The monoisotopic (exact) mass is 228 g/mol. The first-order chi connectivity index (χ1) is 8.22. The fraction of sp³-hybridized carbons (Fsp3) is 0.0833. The van der Waals surface area contributed by atoms with Gasteiger partial charge >= 0.3 is 0 Å². The zero-order valence-electron chi connectivity index (χ0n) is 9.01. The molecule has 1 aromatic heterocycles. The van der Waals surface area contributed by atoms with Crippen LogP contribution in [0, 0.1) is 0 Å². The molecular formula is C12H8N2O3. The fourth-order valence-corrected chi connectivity index (χ4v) is 1.95. The molecule has 84 valence electrons. The van der Waals surface area contributed by atoms with E-state index in [1.807, 2.05) is 6.07 Å². The molecule has 2 heterocycles. The van der Waals surface area contributed by atoms with Gasteiger partial charge in [-0.15, -0.1) is 5.06 Å². The van der Waals surface area contributed by atoms with Crippen molar-refractivity contribution in [3.63, 3.8) is 0 Å². The van der Waals surface area contributed by atoms with Crippen LogP contribution in [0.2, 0.25) is 0 Å². The summed E-state index contributed by atoms with van der Waals surface area (Å²) in [7, 11) is 1.29. The zero-order valence-corrected chi connectivity index (χ0v) is 9.01. The molecule has 17 heavy (non-hydrogen) atoms. The second-order valence-corrected chi connectivity index (χ2v) is 3.68. The molecular weight excluding hydrogens is 220 g/mol. The van der Waals surface area contributed by atoms with E-state index in [-0.39, 0.29) is 0 Å². The van der Waals surface area contributed by atoms with Crippen molar-refractivity contribution in [3.05, 3.63) is 41.6 Å². The zero-order chi connectivity index (χ0) is 12.0. The van der Waals surface area contributed by atoms with E-state index >= 15 is 0 Å². The summed E-state index contributed by atoms with van der Waals surface area (Å²) in [5.41, 5.74) is 1.38. The minimum atomic E-state index is -0.444. The maximum atomic E-state index is 11.8. The van der Waals surface area contributed by atoms with Gasteiger partial charge in [-0.3, -0.25) is 19.4 Å².